The summed E-state index contributed by atoms with van der Waals surface area (Å²) in [7, 11) is 0. The van der Waals surface area contributed by atoms with Crippen LogP contribution in [0.2, 0.25) is 0 Å². The van der Waals surface area contributed by atoms with Crippen molar-refractivity contribution in [1.82, 2.24) is 0 Å². The third-order valence-corrected chi connectivity index (χ3v) is 0.745. The van der Waals surface area contributed by atoms with Gasteiger partial charge in [-0.3, -0.25) is 0 Å². The van der Waals surface area contributed by atoms with Gasteiger partial charge in [0, 0.05) is 0 Å². The summed E-state index contributed by atoms with van der Waals surface area (Å²) < 4.78 is 3.95. The Labute approximate surface area is 55.0 Å². The van der Waals surface area contributed by atoms with E-state index in [0.29, 0.717) is 0 Å². The van der Waals surface area contributed by atoms with Crippen LogP contribution in [0.25, 0.3) is 0 Å². The molecule has 0 N–H and O–H groups in total. The zero-order valence-corrected chi connectivity index (χ0v) is 5.43. The van der Waals surface area contributed by atoms with Gasteiger partial charge in [0.2, 0.25) is 0 Å². The lowest BCUT2D eigenvalue weighted by molar-refractivity contribution is -0.127. The molecule has 0 aliphatic rings. The summed E-state index contributed by atoms with van der Waals surface area (Å²) in [6.45, 7) is 3.08. The zero-order chi connectivity index (χ0) is 6.57. The molecule has 0 aromatic carbocycles. The molecule has 3 nitrogen and oxygen atoms in total. The van der Waals surface area contributed by atoms with Gasteiger partial charge in [-0.2, -0.15) is 5.26 Å². The highest BCUT2D eigenvalue weighted by atomic mass is 79.9. The number of hydrogen-bond acceptors (Lipinski definition) is 3. The molecule has 0 unspecified atom stereocenters. The van der Waals surface area contributed by atoms with Crippen LogP contribution in [0.15, 0.2) is 12.2 Å². The molecule has 0 aliphatic heterocycles. The fourth-order valence-corrected chi connectivity index (χ4v) is 0.288. The van der Waals surface area contributed by atoms with Crippen molar-refractivity contribution in [2.75, 3.05) is 0 Å². The number of rotatable bonds is 1. The molecule has 0 fully saturated rings. The van der Waals surface area contributed by atoms with Crippen LogP contribution < -0.4 is 0 Å². The number of halogens is 1. The number of carbonyl (C=O) groups excluding carboxylic acids is 1. The monoisotopic (exact) mass is 175 g/mol. The maximum atomic E-state index is 10.2. The molecule has 0 atom stereocenters. The fourth-order valence-electron chi connectivity index (χ4n) is 0.0922. The van der Waals surface area contributed by atoms with Crippen molar-refractivity contribution in [3.8, 4) is 6.07 Å². The van der Waals surface area contributed by atoms with Gasteiger partial charge in [0.05, 0.1) is 0 Å². The Morgan fingerprint density at radius 3 is 2.50 bits per heavy atom. The molecule has 8 heavy (non-hydrogen) atoms. The standard InChI is InChI=1S/C4H2BrNO2/c1-3(2-6)4(7)8-5/h1H2. The molecule has 0 aliphatic carbocycles. The molecule has 0 saturated carbocycles. The Kier molecular flexibility index (Phi) is 2.89. The average Bonchev–Trinajstić information content (AvgIpc) is 1.84. The topological polar surface area (TPSA) is 50.1 Å². The second-order valence-corrected chi connectivity index (χ2v) is 1.28. The van der Waals surface area contributed by atoms with Crippen LogP contribution in [0.1, 0.15) is 0 Å². The number of nitrogens with zero attached hydrogens (tertiary/aromatic N) is 1. The van der Waals surface area contributed by atoms with E-state index in [1.165, 1.54) is 6.07 Å². The molecule has 0 aromatic heterocycles. The molecule has 42 valence electrons. The van der Waals surface area contributed by atoms with Gasteiger partial charge in [0.15, 0.2) is 16.3 Å². The van der Waals surface area contributed by atoms with Crippen molar-refractivity contribution in [1.29, 1.82) is 5.26 Å². The van der Waals surface area contributed by atoms with Gasteiger partial charge in [0.25, 0.3) is 0 Å². The lowest BCUT2D eigenvalue weighted by atomic mass is 10.4. The normalized spacial score (nSPS) is 7.00. The summed E-state index contributed by atoms with van der Waals surface area (Å²) in [6, 6.07) is 1.52. The molecule has 0 radical (unpaired) electrons. The van der Waals surface area contributed by atoms with Crippen molar-refractivity contribution < 1.29 is 8.62 Å². The van der Waals surface area contributed by atoms with Crippen LogP contribution in [0.3, 0.4) is 0 Å². The minimum atomic E-state index is -0.757. The lowest BCUT2D eigenvalue weighted by Crippen LogP contribution is -1.96. The summed E-state index contributed by atoms with van der Waals surface area (Å²) in [4.78, 5) is 10.2. The molecule has 0 amide bonds. The van der Waals surface area contributed by atoms with Crippen molar-refractivity contribution in [3.05, 3.63) is 12.2 Å². The average molecular weight is 176 g/mol. The van der Waals surface area contributed by atoms with Crippen LogP contribution >= 0.6 is 16.3 Å². The van der Waals surface area contributed by atoms with E-state index >= 15 is 0 Å². The molecule has 0 rings (SSSR count). The van der Waals surface area contributed by atoms with Crippen LogP contribution in [0, 0.1) is 11.3 Å². The van der Waals surface area contributed by atoms with Crippen molar-refractivity contribution in [2.24, 2.45) is 0 Å². The van der Waals surface area contributed by atoms with Crippen LogP contribution in [-0.2, 0) is 8.62 Å². The first-order chi connectivity index (χ1) is 3.72. The van der Waals surface area contributed by atoms with Gasteiger partial charge in [-0.05, 0) is 0 Å². The van der Waals surface area contributed by atoms with Gasteiger partial charge >= 0.3 is 5.97 Å². The predicted molar refractivity (Wildman–Crippen MR) is 29.8 cm³/mol. The SMILES string of the molecule is C=C(C#N)C(=O)OBr. The Morgan fingerprint density at radius 2 is 2.38 bits per heavy atom. The van der Waals surface area contributed by atoms with E-state index in [-0.39, 0.29) is 5.57 Å². The quantitative estimate of drug-likeness (QED) is 0.440. The van der Waals surface area contributed by atoms with Gasteiger partial charge in [-0.1, -0.05) is 6.58 Å². The Morgan fingerprint density at radius 1 is 1.88 bits per heavy atom. The second kappa shape index (κ2) is 3.22. The van der Waals surface area contributed by atoms with E-state index in [4.69, 9.17) is 5.26 Å². The third-order valence-electron chi connectivity index (χ3n) is 0.451. The van der Waals surface area contributed by atoms with E-state index in [1.54, 1.807) is 0 Å². The van der Waals surface area contributed by atoms with Crippen LogP contribution in [-0.4, -0.2) is 5.97 Å². The number of hydrogen-bond donors (Lipinski definition) is 0. The van der Waals surface area contributed by atoms with Crippen molar-refractivity contribution in [3.63, 3.8) is 0 Å². The molecule has 0 heterocycles. The highest BCUT2D eigenvalue weighted by Gasteiger charge is 2.03. The Hall–Kier alpha value is -0.820. The highest BCUT2D eigenvalue weighted by molar-refractivity contribution is 9.06. The smallest absolute Gasteiger partial charge is 0.359 e. The summed E-state index contributed by atoms with van der Waals surface area (Å²) in [6.07, 6.45) is 0. The first-order valence-corrected chi connectivity index (χ1v) is 2.29. The molecule has 4 heteroatoms. The maximum absolute atomic E-state index is 10.2. The van der Waals surface area contributed by atoms with E-state index in [2.05, 4.69) is 26.7 Å². The summed E-state index contributed by atoms with van der Waals surface area (Å²) in [5, 5.41) is 7.97. The van der Waals surface area contributed by atoms with E-state index in [0.717, 1.165) is 0 Å². The fraction of sp³-hybridized carbons (Fsp3) is 0. The number of carbonyl (C=O) groups is 1. The van der Waals surface area contributed by atoms with E-state index in [9.17, 15) is 4.79 Å². The molecule has 0 spiro atoms. The van der Waals surface area contributed by atoms with Crippen LogP contribution in [0.5, 0.6) is 0 Å². The van der Waals surface area contributed by atoms with Crippen molar-refractivity contribution >= 4 is 22.2 Å². The summed E-state index contributed by atoms with van der Waals surface area (Å²) in [5.41, 5.74) is -0.220. The van der Waals surface area contributed by atoms with Crippen molar-refractivity contribution in [2.45, 2.75) is 0 Å². The molecule has 0 bridgehead atoms. The maximum Gasteiger partial charge on any atom is 0.359 e. The van der Waals surface area contributed by atoms with Gasteiger partial charge in [0.1, 0.15) is 11.6 Å². The highest BCUT2D eigenvalue weighted by Crippen LogP contribution is 1.94. The first-order valence-electron chi connectivity index (χ1n) is 1.64. The predicted octanol–water partition coefficient (Wildman–Crippen LogP) is 0.919. The third kappa shape index (κ3) is 1.76. The van der Waals surface area contributed by atoms with E-state index in [1.807, 2.05) is 0 Å². The molecular formula is C4H2BrNO2. The largest absolute Gasteiger partial charge is 0.379 e. The second-order valence-electron chi connectivity index (χ2n) is 0.955. The Bertz CT molecular complexity index is 158. The van der Waals surface area contributed by atoms with Crippen LogP contribution in [0.4, 0.5) is 0 Å². The summed E-state index contributed by atoms with van der Waals surface area (Å²) >= 11 is 2.39. The summed E-state index contributed by atoms with van der Waals surface area (Å²) in [5.74, 6) is -0.757. The first kappa shape index (κ1) is 7.18. The Balaban J connectivity index is 3.89. The van der Waals surface area contributed by atoms with Gasteiger partial charge < -0.3 is 3.83 Å². The van der Waals surface area contributed by atoms with Gasteiger partial charge in [-0.25, -0.2) is 4.79 Å². The number of nitriles is 1. The minimum Gasteiger partial charge on any atom is -0.379 e. The lowest BCUT2D eigenvalue weighted by Gasteiger charge is -1.85. The zero-order valence-electron chi connectivity index (χ0n) is 3.85. The minimum absolute atomic E-state index is 0.220. The molecular weight excluding hydrogens is 174 g/mol. The van der Waals surface area contributed by atoms with E-state index < -0.39 is 5.97 Å². The molecule has 0 saturated heterocycles. The van der Waals surface area contributed by atoms with Gasteiger partial charge in [-0.15, -0.1) is 0 Å². The molecule has 0 aromatic rings.